The predicted octanol–water partition coefficient (Wildman–Crippen LogP) is -0.483. The minimum Gasteiger partial charge on any atom is -0.356 e. The third kappa shape index (κ3) is 2710. The summed E-state index contributed by atoms with van der Waals surface area (Å²) in [5.41, 5.74) is 0. The van der Waals surface area contributed by atoms with Crippen molar-refractivity contribution in [2.45, 2.75) is 0 Å². The van der Waals surface area contributed by atoms with Crippen LogP contribution in [-0.2, 0) is 39.2 Å². The average molecular weight is 291 g/mol. The number of rotatable bonds is 0. The van der Waals surface area contributed by atoms with Gasteiger partial charge in [0, 0.05) is 22.4 Å². The molecule has 8 nitrogen and oxygen atoms in total. The van der Waals surface area contributed by atoms with E-state index in [-0.39, 0.29) is 39.2 Å². The molecule has 0 aromatic carbocycles. The molecule has 10 heavy (non-hydrogen) atoms. The zero-order valence-electron chi connectivity index (χ0n) is 3.98. The first-order chi connectivity index (χ1) is 3.46. The van der Waals surface area contributed by atoms with Gasteiger partial charge in [0.2, 0.25) is 0 Å². The Balaban J connectivity index is -0.0000000300. The van der Waals surface area contributed by atoms with Gasteiger partial charge in [0.25, 0.3) is 0 Å². The number of hydrogen-bond acceptors (Lipinski definition) is 6. The second kappa shape index (κ2) is 15.9. The van der Waals surface area contributed by atoms with Gasteiger partial charge in [0.1, 0.15) is 0 Å². The van der Waals surface area contributed by atoms with Crippen LogP contribution < -0.4 is 0 Å². The Morgan fingerprint density at radius 2 is 0.800 bits per heavy atom. The van der Waals surface area contributed by atoms with Gasteiger partial charge in [-0.3, -0.25) is 0 Å². The zero-order valence-corrected chi connectivity index (χ0v) is 6.50. The van der Waals surface area contributed by atoms with Crippen LogP contribution in [0, 0.1) is 30.6 Å². The normalized spacial score (nSPS) is 4.80. The van der Waals surface area contributed by atoms with Crippen LogP contribution in [0.1, 0.15) is 0 Å². The average Bonchev–Trinajstić information content (AvgIpc) is 1.25. The largest absolute Gasteiger partial charge is 2.00 e. The van der Waals surface area contributed by atoms with Gasteiger partial charge in [-0.15, -0.1) is 0 Å². The van der Waals surface area contributed by atoms with Crippen molar-refractivity contribution >= 4 is 0 Å². The van der Waals surface area contributed by atoms with E-state index >= 15 is 0 Å². The molecule has 0 saturated heterocycles. The second-order valence-corrected chi connectivity index (χ2v) is 0.447. The molecule has 0 spiro atoms. The van der Waals surface area contributed by atoms with Crippen LogP contribution >= 0.6 is 0 Å². The van der Waals surface area contributed by atoms with Gasteiger partial charge in [-0.1, -0.05) is 0 Å². The smallest absolute Gasteiger partial charge is 0.356 e. The fraction of sp³-hybridized carbons (Fsp3) is 0. The molecule has 0 atom stereocenters. The van der Waals surface area contributed by atoms with Gasteiger partial charge in [0.05, 0.1) is 10.2 Å². The molecule has 0 aliphatic heterocycles. The molecule has 0 aromatic heterocycles. The molecule has 0 amide bonds. The van der Waals surface area contributed by atoms with Crippen molar-refractivity contribution in [3.63, 3.8) is 0 Å². The first-order valence-electron chi connectivity index (χ1n) is 1.10. The Morgan fingerprint density at radius 1 is 0.800 bits per heavy atom. The van der Waals surface area contributed by atoms with Crippen LogP contribution in [0.3, 0.4) is 0 Å². The van der Waals surface area contributed by atoms with Crippen LogP contribution in [0.25, 0.3) is 0 Å². The first-order valence-corrected chi connectivity index (χ1v) is 1.10. The van der Waals surface area contributed by atoms with E-state index in [9.17, 15) is 0 Å². The first kappa shape index (κ1) is 22.6. The van der Waals surface area contributed by atoms with Gasteiger partial charge in [-0.05, 0) is 0 Å². The van der Waals surface area contributed by atoms with Gasteiger partial charge >= 0.3 is 16.8 Å². The summed E-state index contributed by atoms with van der Waals surface area (Å²) in [6.45, 7) is 0. The Labute approximate surface area is 80.1 Å². The van der Waals surface area contributed by atoms with E-state index in [1.165, 1.54) is 0 Å². The summed E-state index contributed by atoms with van der Waals surface area (Å²) in [7, 11) is 0. The minimum absolute atomic E-state index is 0. The molecule has 0 aliphatic rings. The maximum atomic E-state index is 8.25. The second-order valence-electron chi connectivity index (χ2n) is 0.447. The van der Waals surface area contributed by atoms with Gasteiger partial charge in [-0.25, -0.2) is 0 Å². The molecule has 10 heteroatoms. The zero-order chi connectivity index (χ0) is 7.15. The van der Waals surface area contributed by atoms with E-state index in [4.69, 9.17) is 30.6 Å². The van der Waals surface area contributed by atoms with Crippen molar-refractivity contribution in [3.8, 4) is 0 Å². The summed E-state index contributed by atoms with van der Waals surface area (Å²) in [4.78, 5) is 16.5. The van der Waals surface area contributed by atoms with Gasteiger partial charge in [-0.2, -0.15) is 0 Å². The summed E-state index contributed by atoms with van der Waals surface area (Å²) in [6, 6.07) is 0. The molecule has 0 fully saturated rings. The number of nitrogens with zero attached hydrogens (tertiary/aromatic N) is 2. The molecule has 0 bridgehead atoms. The summed E-state index contributed by atoms with van der Waals surface area (Å²) in [5, 5.41) is 29.5. The molecule has 0 aromatic rings. The quantitative estimate of drug-likeness (QED) is 0.336. The monoisotopic (exact) mass is 290 g/mol. The fourth-order valence-electron chi connectivity index (χ4n) is 0. The molecule has 0 saturated carbocycles. The van der Waals surface area contributed by atoms with E-state index in [1.54, 1.807) is 0 Å². The molecular formula is AgCoN2O6. The maximum absolute atomic E-state index is 8.25. The van der Waals surface area contributed by atoms with Crippen LogP contribution in [0.4, 0.5) is 0 Å². The van der Waals surface area contributed by atoms with Crippen LogP contribution in [-0.4, -0.2) is 10.2 Å². The standard InChI is InChI=1S/Ag.Co.2NO3/c;;2*2-1(3)4/q;+2;2*-1. The Morgan fingerprint density at radius 3 is 0.800 bits per heavy atom. The molecule has 0 unspecified atom stereocenters. The topological polar surface area (TPSA) is 132 Å². The van der Waals surface area contributed by atoms with Crippen molar-refractivity contribution < 1.29 is 49.3 Å². The molecular weight excluding hydrogens is 291 g/mol. The summed E-state index contributed by atoms with van der Waals surface area (Å²) in [5.74, 6) is 0. The Kier molecular flexibility index (Phi) is 35.9. The molecule has 0 aliphatic carbocycles. The van der Waals surface area contributed by atoms with Crippen molar-refractivity contribution in [1.82, 2.24) is 0 Å². The molecule has 0 N–H and O–H groups in total. The van der Waals surface area contributed by atoms with Gasteiger partial charge < -0.3 is 30.6 Å². The Hall–Kier alpha value is -0.353. The molecule has 0 rings (SSSR count). The molecule has 2 radical (unpaired) electrons. The summed E-state index contributed by atoms with van der Waals surface area (Å²) < 4.78 is 0. The van der Waals surface area contributed by atoms with Crippen LogP contribution in [0.15, 0.2) is 0 Å². The third-order valence-electron chi connectivity index (χ3n) is 0. The van der Waals surface area contributed by atoms with Crippen molar-refractivity contribution in [1.29, 1.82) is 0 Å². The number of hydrogen-bond donors (Lipinski definition) is 0. The van der Waals surface area contributed by atoms with E-state index < -0.39 is 10.2 Å². The van der Waals surface area contributed by atoms with Crippen LogP contribution in [0.2, 0.25) is 0 Å². The van der Waals surface area contributed by atoms with E-state index in [2.05, 4.69) is 0 Å². The van der Waals surface area contributed by atoms with E-state index in [0.29, 0.717) is 0 Å². The van der Waals surface area contributed by atoms with Crippen molar-refractivity contribution in [2.75, 3.05) is 0 Å². The third-order valence-corrected chi connectivity index (χ3v) is 0. The van der Waals surface area contributed by atoms with E-state index in [0.717, 1.165) is 0 Å². The fourth-order valence-corrected chi connectivity index (χ4v) is 0. The van der Waals surface area contributed by atoms with Crippen LogP contribution in [0.5, 0.6) is 0 Å². The summed E-state index contributed by atoms with van der Waals surface area (Å²) >= 11 is 0. The predicted molar refractivity (Wildman–Crippen MR) is 20.7 cm³/mol. The summed E-state index contributed by atoms with van der Waals surface area (Å²) in [6.07, 6.45) is 0. The van der Waals surface area contributed by atoms with Crippen molar-refractivity contribution in [3.05, 3.63) is 30.6 Å². The van der Waals surface area contributed by atoms with Gasteiger partial charge in [0.15, 0.2) is 0 Å². The van der Waals surface area contributed by atoms with Crippen molar-refractivity contribution in [2.24, 2.45) is 0 Å². The van der Waals surface area contributed by atoms with E-state index in [1.807, 2.05) is 0 Å². The molecule has 66 valence electrons. The minimum atomic E-state index is -1.75. The Bertz CT molecular complexity index is 73.7. The maximum Gasteiger partial charge on any atom is 2.00 e. The SMILES string of the molecule is O=[N+]([O-])[O-].O=[N+]([O-])[O-].[Ag].[Co+2]. The molecule has 0 heterocycles.